The highest BCUT2D eigenvalue weighted by Crippen LogP contribution is 2.30. The molecule has 25 heavy (non-hydrogen) atoms. The number of nitro benzene ring substituents is 1. The molecule has 0 saturated heterocycles. The van der Waals surface area contributed by atoms with E-state index in [1.807, 2.05) is 30.5 Å². The van der Waals surface area contributed by atoms with Crippen molar-refractivity contribution >= 4 is 40.0 Å². The average molecular weight is 337 g/mol. The number of nitro groups is 1. The molecular weight excluding hydrogens is 322 g/mol. The van der Waals surface area contributed by atoms with Crippen LogP contribution in [0.3, 0.4) is 0 Å². The second kappa shape index (κ2) is 6.88. The van der Waals surface area contributed by atoms with Crippen molar-refractivity contribution in [1.29, 1.82) is 0 Å². The van der Waals surface area contributed by atoms with E-state index < -0.39 is 10.9 Å². The maximum absolute atomic E-state index is 11.4. The lowest BCUT2D eigenvalue weighted by Gasteiger charge is -2.08. The number of carbonyl (C=O) groups excluding carboxylic acids is 1. The molecule has 1 heterocycles. The smallest absolute Gasteiger partial charge is 0.330 e. The molecule has 0 radical (unpaired) electrons. The van der Waals surface area contributed by atoms with Crippen LogP contribution < -0.4 is 5.32 Å². The van der Waals surface area contributed by atoms with Gasteiger partial charge < -0.3 is 15.0 Å². The van der Waals surface area contributed by atoms with Crippen LogP contribution in [0.25, 0.3) is 17.0 Å². The summed E-state index contributed by atoms with van der Waals surface area (Å²) in [6.07, 6.45) is 4.51. The number of fused-ring (bicyclic) bond motifs is 1. The first-order chi connectivity index (χ1) is 12.1. The Balaban J connectivity index is 1.90. The summed E-state index contributed by atoms with van der Waals surface area (Å²) in [5.74, 6) is -0.523. The van der Waals surface area contributed by atoms with Gasteiger partial charge in [-0.3, -0.25) is 10.1 Å². The first-order valence-corrected chi connectivity index (χ1v) is 7.45. The number of hydrogen-bond donors (Lipinski definition) is 2. The summed E-state index contributed by atoms with van der Waals surface area (Å²) in [6, 6.07) is 12.3. The van der Waals surface area contributed by atoms with Crippen molar-refractivity contribution in [3.8, 4) is 0 Å². The number of esters is 1. The van der Waals surface area contributed by atoms with Crippen molar-refractivity contribution in [3.63, 3.8) is 0 Å². The van der Waals surface area contributed by atoms with Gasteiger partial charge in [0.25, 0.3) is 5.69 Å². The van der Waals surface area contributed by atoms with Gasteiger partial charge in [0.2, 0.25) is 0 Å². The number of carbonyl (C=O) groups is 1. The number of methoxy groups -OCH3 is 1. The number of nitrogens with one attached hydrogen (secondary N) is 2. The van der Waals surface area contributed by atoms with Crippen molar-refractivity contribution in [2.45, 2.75) is 0 Å². The zero-order valence-electron chi connectivity index (χ0n) is 13.4. The zero-order chi connectivity index (χ0) is 17.8. The summed E-state index contributed by atoms with van der Waals surface area (Å²) >= 11 is 0. The molecule has 0 saturated carbocycles. The molecule has 2 aromatic carbocycles. The van der Waals surface area contributed by atoms with Crippen molar-refractivity contribution in [3.05, 3.63) is 70.4 Å². The van der Waals surface area contributed by atoms with Gasteiger partial charge in [-0.1, -0.05) is 6.07 Å². The molecule has 3 rings (SSSR count). The Kier molecular flexibility index (Phi) is 4.47. The third kappa shape index (κ3) is 3.66. The Morgan fingerprint density at radius 2 is 2.08 bits per heavy atom. The first-order valence-electron chi connectivity index (χ1n) is 7.45. The van der Waals surface area contributed by atoms with Gasteiger partial charge in [-0.25, -0.2) is 4.79 Å². The Bertz CT molecular complexity index is 975. The fraction of sp³-hybridized carbons (Fsp3) is 0.0556. The fourth-order valence-electron chi connectivity index (χ4n) is 2.43. The number of H-pyrrole nitrogens is 1. The number of hydrogen-bond acceptors (Lipinski definition) is 5. The number of benzene rings is 2. The van der Waals surface area contributed by atoms with E-state index in [0.717, 1.165) is 16.6 Å². The molecule has 0 amide bonds. The van der Waals surface area contributed by atoms with Gasteiger partial charge in [-0.2, -0.15) is 0 Å². The van der Waals surface area contributed by atoms with Crippen LogP contribution >= 0.6 is 0 Å². The lowest BCUT2D eigenvalue weighted by atomic mass is 10.1. The monoisotopic (exact) mass is 337 g/mol. The van der Waals surface area contributed by atoms with Gasteiger partial charge in [0.1, 0.15) is 5.69 Å². The molecule has 7 nitrogen and oxygen atoms in total. The van der Waals surface area contributed by atoms with Crippen molar-refractivity contribution in [1.82, 2.24) is 4.98 Å². The lowest BCUT2D eigenvalue weighted by molar-refractivity contribution is -0.383. The van der Waals surface area contributed by atoms with E-state index in [1.165, 1.54) is 25.3 Å². The quantitative estimate of drug-likeness (QED) is 0.317. The van der Waals surface area contributed by atoms with Gasteiger partial charge in [0.15, 0.2) is 0 Å². The highest BCUT2D eigenvalue weighted by molar-refractivity contribution is 5.88. The molecule has 0 aliphatic rings. The maximum atomic E-state index is 11.4. The van der Waals surface area contributed by atoms with Crippen molar-refractivity contribution in [2.75, 3.05) is 12.4 Å². The molecule has 0 bridgehead atoms. The predicted molar refractivity (Wildman–Crippen MR) is 95.7 cm³/mol. The standard InChI is InChI=1S/C18H15N3O4/c1-25-18(22)7-3-12-2-5-16(17(10-12)21(23)24)20-14-4-6-15-13(11-14)8-9-19-15/h2-11,19-20H,1H3/b7-3+. The van der Waals surface area contributed by atoms with Gasteiger partial charge >= 0.3 is 5.97 Å². The van der Waals surface area contributed by atoms with E-state index >= 15 is 0 Å². The van der Waals surface area contributed by atoms with Gasteiger partial charge in [-0.05, 0) is 42.0 Å². The zero-order valence-corrected chi connectivity index (χ0v) is 13.4. The second-order valence-electron chi connectivity index (χ2n) is 5.29. The summed E-state index contributed by atoms with van der Waals surface area (Å²) in [5.41, 5.74) is 2.55. The van der Waals surface area contributed by atoms with E-state index in [2.05, 4.69) is 15.0 Å². The Hall–Kier alpha value is -3.61. The molecule has 0 aliphatic carbocycles. The molecular formula is C18H15N3O4. The van der Waals surface area contributed by atoms with E-state index in [9.17, 15) is 14.9 Å². The molecule has 0 fully saturated rings. The first kappa shape index (κ1) is 16.3. The van der Waals surface area contributed by atoms with Gasteiger partial charge in [0.05, 0.1) is 12.0 Å². The number of ether oxygens (including phenoxy) is 1. The van der Waals surface area contributed by atoms with E-state index in [4.69, 9.17) is 0 Å². The number of anilines is 2. The Morgan fingerprint density at radius 1 is 1.24 bits per heavy atom. The Labute approximate surface area is 143 Å². The van der Waals surface area contributed by atoms with Crippen molar-refractivity contribution < 1.29 is 14.5 Å². The summed E-state index contributed by atoms with van der Waals surface area (Å²) in [7, 11) is 1.27. The molecule has 126 valence electrons. The molecule has 0 atom stereocenters. The molecule has 1 aromatic heterocycles. The Morgan fingerprint density at radius 3 is 2.84 bits per heavy atom. The van der Waals surface area contributed by atoms with Crippen LogP contribution in [0.4, 0.5) is 17.1 Å². The van der Waals surface area contributed by atoms with Gasteiger partial charge in [-0.15, -0.1) is 0 Å². The molecule has 0 aliphatic heterocycles. The minimum Gasteiger partial charge on any atom is -0.466 e. The maximum Gasteiger partial charge on any atom is 0.330 e. The number of aromatic amines is 1. The highest BCUT2D eigenvalue weighted by Gasteiger charge is 2.14. The van der Waals surface area contributed by atoms with Crippen LogP contribution in [0.1, 0.15) is 5.56 Å². The largest absolute Gasteiger partial charge is 0.466 e. The highest BCUT2D eigenvalue weighted by atomic mass is 16.6. The molecule has 2 N–H and O–H groups in total. The van der Waals surface area contributed by atoms with Crippen molar-refractivity contribution in [2.24, 2.45) is 0 Å². The SMILES string of the molecule is COC(=O)/C=C/c1ccc(Nc2ccc3[nH]ccc3c2)c([N+](=O)[O-])c1. The summed E-state index contributed by atoms with van der Waals surface area (Å²) in [6.45, 7) is 0. The van der Waals surface area contributed by atoms with E-state index in [1.54, 1.807) is 12.1 Å². The summed E-state index contributed by atoms with van der Waals surface area (Å²) in [5, 5.41) is 15.4. The second-order valence-corrected chi connectivity index (χ2v) is 5.29. The number of nitrogens with zero attached hydrogens (tertiary/aromatic N) is 1. The molecule has 3 aromatic rings. The van der Waals surface area contributed by atoms with Gasteiger partial charge in [0, 0.05) is 34.9 Å². The molecule has 0 spiro atoms. The van der Waals surface area contributed by atoms with E-state index in [0.29, 0.717) is 11.3 Å². The van der Waals surface area contributed by atoms with Crippen LogP contribution in [0.15, 0.2) is 54.7 Å². The van der Waals surface area contributed by atoms with Crippen LogP contribution in [0.5, 0.6) is 0 Å². The lowest BCUT2D eigenvalue weighted by Crippen LogP contribution is -1.98. The van der Waals surface area contributed by atoms with E-state index in [-0.39, 0.29) is 5.69 Å². The number of aromatic nitrogens is 1. The van der Waals surface area contributed by atoms with Crippen LogP contribution in [0, 0.1) is 10.1 Å². The summed E-state index contributed by atoms with van der Waals surface area (Å²) < 4.78 is 4.51. The third-order valence-corrected chi connectivity index (χ3v) is 3.66. The fourth-order valence-corrected chi connectivity index (χ4v) is 2.43. The minimum atomic E-state index is -0.523. The number of rotatable bonds is 5. The summed E-state index contributed by atoms with van der Waals surface area (Å²) in [4.78, 5) is 25.1. The average Bonchev–Trinajstić information content (AvgIpc) is 3.08. The van der Waals surface area contributed by atoms with Crippen LogP contribution in [-0.4, -0.2) is 23.0 Å². The third-order valence-electron chi connectivity index (χ3n) is 3.66. The van der Waals surface area contributed by atoms with Crippen LogP contribution in [-0.2, 0) is 9.53 Å². The van der Waals surface area contributed by atoms with Crippen LogP contribution in [0.2, 0.25) is 0 Å². The molecule has 0 unspecified atom stereocenters. The molecule has 7 heteroatoms. The predicted octanol–water partition coefficient (Wildman–Crippen LogP) is 4.01. The minimum absolute atomic E-state index is 0.0822. The normalized spacial score (nSPS) is 10.9. The topological polar surface area (TPSA) is 97.3 Å².